The Labute approximate surface area is 175 Å². The lowest BCUT2D eigenvalue weighted by Gasteiger charge is -2.48. The van der Waals surface area contributed by atoms with Gasteiger partial charge >= 0.3 is 12.2 Å². The molecule has 0 aromatic carbocycles. The molecule has 2 amide bonds. The molecule has 2 fully saturated rings. The Bertz CT molecular complexity index is 748. The molecule has 166 valence electrons. The van der Waals surface area contributed by atoms with Gasteiger partial charge in [-0.1, -0.05) is 6.08 Å². The largest absolute Gasteiger partial charge is 0.450 e. The second-order valence-electron chi connectivity index (χ2n) is 7.83. The van der Waals surface area contributed by atoms with E-state index < -0.39 is 12.1 Å². The van der Waals surface area contributed by atoms with Crippen LogP contribution in [0.5, 0.6) is 0 Å². The van der Waals surface area contributed by atoms with Crippen molar-refractivity contribution in [1.29, 1.82) is 0 Å². The third-order valence-electron chi connectivity index (χ3n) is 5.89. The maximum absolute atomic E-state index is 14.9. The molecule has 0 saturated carbocycles. The lowest BCUT2D eigenvalue weighted by molar-refractivity contribution is 0.0426. The van der Waals surface area contributed by atoms with Gasteiger partial charge in [0, 0.05) is 31.8 Å². The second-order valence-corrected chi connectivity index (χ2v) is 7.83. The number of ether oxygens (including phenoxy) is 2. The lowest BCUT2D eigenvalue weighted by Crippen LogP contribution is -2.52. The molecule has 0 aromatic heterocycles. The van der Waals surface area contributed by atoms with E-state index in [2.05, 4.69) is 4.99 Å². The highest BCUT2D eigenvalue weighted by Gasteiger charge is 2.38. The van der Waals surface area contributed by atoms with Crippen molar-refractivity contribution in [2.45, 2.75) is 32.6 Å². The average molecular weight is 423 g/mol. The molecule has 0 atom stereocenters. The number of hydrogen-bond acceptors (Lipinski definition) is 5. The predicted molar refractivity (Wildman–Crippen MR) is 109 cm³/mol. The Morgan fingerprint density at radius 1 is 1.20 bits per heavy atom. The summed E-state index contributed by atoms with van der Waals surface area (Å²) in [5, 5.41) is 0. The third kappa shape index (κ3) is 5.22. The van der Waals surface area contributed by atoms with E-state index in [0.717, 1.165) is 25.9 Å². The lowest BCUT2D eigenvalue weighted by atomic mass is 9.79. The minimum Gasteiger partial charge on any atom is -0.450 e. The van der Waals surface area contributed by atoms with E-state index in [9.17, 15) is 14.0 Å². The minimum absolute atomic E-state index is 0.164. The van der Waals surface area contributed by atoms with Crippen LogP contribution in [0.1, 0.15) is 32.6 Å². The van der Waals surface area contributed by atoms with Gasteiger partial charge in [-0.05, 0) is 44.4 Å². The van der Waals surface area contributed by atoms with Crippen molar-refractivity contribution in [3.8, 4) is 0 Å². The molecule has 3 rings (SSSR count). The molecule has 0 radical (unpaired) electrons. The van der Waals surface area contributed by atoms with Crippen LogP contribution in [-0.4, -0.2) is 67.3 Å². The van der Waals surface area contributed by atoms with Crippen LogP contribution in [0.2, 0.25) is 0 Å². The molecule has 3 aliphatic rings. The standard InChI is InChI=1S/C20H30FN5O4/c1-2-29-20(28)25-8-6-13(7-9-25)15-10-26(11-15)16-5-3-4-14(17(16)21)12-30-19(27)24-18(22)23/h5,13,15H,2-4,6-12H2,1H3,(H4,22,23,24,27). The monoisotopic (exact) mass is 423 g/mol. The van der Waals surface area contributed by atoms with Crippen LogP contribution in [0.15, 0.2) is 28.2 Å². The van der Waals surface area contributed by atoms with Gasteiger partial charge in [-0.15, -0.1) is 4.99 Å². The summed E-state index contributed by atoms with van der Waals surface area (Å²) in [5.74, 6) is 0.309. The third-order valence-corrected chi connectivity index (χ3v) is 5.89. The number of likely N-dealkylation sites (tertiary alicyclic amines) is 2. The van der Waals surface area contributed by atoms with Gasteiger partial charge in [0.25, 0.3) is 0 Å². The number of aliphatic imine (C=N–C) groups is 1. The Kier molecular flexibility index (Phi) is 7.17. The van der Waals surface area contributed by atoms with Gasteiger partial charge in [-0.25, -0.2) is 14.0 Å². The molecule has 0 spiro atoms. The van der Waals surface area contributed by atoms with E-state index in [0.29, 0.717) is 55.6 Å². The quantitative estimate of drug-likeness (QED) is 0.513. The van der Waals surface area contributed by atoms with Crippen molar-refractivity contribution >= 4 is 18.1 Å². The van der Waals surface area contributed by atoms with E-state index in [4.69, 9.17) is 20.9 Å². The summed E-state index contributed by atoms with van der Waals surface area (Å²) < 4.78 is 24.9. The smallest absolute Gasteiger partial charge is 0.437 e. The first-order valence-corrected chi connectivity index (χ1v) is 10.4. The molecule has 4 N–H and O–H groups in total. The van der Waals surface area contributed by atoms with Crippen LogP contribution in [-0.2, 0) is 9.47 Å². The number of carbonyl (C=O) groups is 2. The number of hydrogen-bond donors (Lipinski definition) is 2. The van der Waals surface area contributed by atoms with Crippen molar-refractivity contribution < 1.29 is 23.5 Å². The zero-order valence-electron chi connectivity index (χ0n) is 17.3. The Hall–Kier alpha value is -2.78. The minimum atomic E-state index is -0.926. The van der Waals surface area contributed by atoms with Gasteiger partial charge in [0.2, 0.25) is 0 Å². The summed E-state index contributed by atoms with van der Waals surface area (Å²) in [6.07, 6.45) is 3.81. The molecule has 2 aliphatic heterocycles. The molecule has 1 aliphatic carbocycles. The normalized spacial score (nSPS) is 20.4. The fourth-order valence-electron chi connectivity index (χ4n) is 4.23. The van der Waals surface area contributed by atoms with Crippen molar-refractivity contribution in [3.05, 3.63) is 23.2 Å². The van der Waals surface area contributed by atoms with Crippen LogP contribution < -0.4 is 11.5 Å². The summed E-state index contributed by atoms with van der Waals surface area (Å²) in [6, 6.07) is 0. The number of rotatable bonds is 5. The van der Waals surface area contributed by atoms with Crippen LogP contribution >= 0.6 is 0 Å². The van der Waals surface area contributed by atoms with Crippen molar-refractivity contribution in [2.75, 3.05) is 39.4 Å². The molecular formula is C20H30FN5O4. The van der Waals surface area contributed by atoms with E-state index in [-0.39, 0.29) is 18.5 Å². The highest BCUT2D eigenvalue weighted by Crippen LogP contribution is 2.38. The molecule has 10 heteroatoms. The van der Waals surface area contributed by atoms with Crippen LogP contribution in [0.25, 0.3) is 0 Å². The number of allylic oxidation sites excluding steroid dienone is 2. The van der Waals surface area contributed by atoms with Gasteiger partial charge in [-0.2, -0.15) is 0 Å². The first-order chi connectivity index (χ1) is 14.4. The fourth-order valence-corrected chi connectivity index (χ4v) is 4.23. The van der Waals surface area contributed by atoms with Gasteiger partial charge in [0.05, 0.1) is 12.3 Å². The van der Waals surface area contributed by atoms with Crippen molar-refractivity contribution in [1.82, 2.24) is 9.80 Å². The van der Waals surface area contributed by atoms with Crippen LogP contribution in [0.4, 0.5) is 14.0 Å². The highest BCUT2D eigenvalue weighted by atomic mass is 19.1. The first-order valence-electron chi connectivity index (χ1n) is 10.4. The summed E-state index contributed by atoms with van der Waals surface area (Å²) in [7, 11) is 0. The molecule has 0 aromatic rings. The van der Waals surface area contributed by atoms with Crippen molar-refractivity contribution in [2.24, 2.45) is 28.3 Å². The maximum atomic E-state index is 14.9. The molecule has 0 unspecified atom stereocenters. The molecule has 30 heavy (non-hydrogen) atoms. The van der Waals surface area contributed by atoms with Gasteiger partial charge in [0.1, 0.15) is 12.4 Å². The van der Waals surface area contributed by atoms with E-state index in [1.165, 1.54) is 0 Å². The zero-order valence-corrected chi connectivity index (χ0v) is 17.3. The maximum Gasteiger partial charge on any atom is 0.437 e. The summed E-state index contributed by atoms with van der Waals surface area (Å²) in [5.41, 5.74) is 11.3. The van der Waals surface area contributed by atoms with Gasteiger partial charge in [0.15, 0.2) is 5.96 Å². The number of piperidine rings is 1. The predicted octanol–water partition coefficient (Wildman–Crippen LogP) is 2.10. The first kappa shape index (κ1) is 21.9. The van der Waals surface area contributed by atoms with Crippen LogP contribution in [0, 0.1) is 11.8 Å². The number of amides is 2. The average Bonchev–Trinajstić information content (AvgIpc) is 2.67. The number of nitrogens with zero attached hydrogens (tertiary/aromatic N) is 3. The van der Waals surface area contributed by atoms with Crippen LogP contribution in [0.3, 0.4) is 0 Å². The molecule has 9 nitrogen and oxygen atoms in total. The molecular weight excluding hydrogens is 393 g/mol. The zero-order chi connectivity index (χ0) is 21.7. The van der Waals surface area contributed by atoms with Crippen molar-refractivity contribution in [3.63, 3.8) is 0 Å². The van der Waals surface area contributed by atoms with Gasteiger partial charge in [-0.3, -0.25) is 0 Å². The summed E-state index contributed by atoms with van der Waals surface area (Å²) >= 11 is 0. The summed E-state index contributed by atoms with van der Waals surface area (Å²) in [6.45, 7) is 5.04. The number of carbonyl (C=O) groups excluding carboxylic acids is 2. The number of halogens is 1. The second kappa shape index (κ2) is 9.82. The number of nitrogens with two attached hydrogens (primary N) is 2. The van der Waals surface area contributed by atoms with E-state index in [1.807, 2.05) is 11.0 Å². The topological polar surface area (TPSA) is 123 Å². The Balaban J connectivity index is 1.47. The molecule has 2 saturated heterocycles. The molecule has 2 heterocycles. The Morgan fingerprint density at radius 3 is 2.53 bits per heavy atom. The number of guanidine groups is 1. The van der Waals surface area contributed by atoms with E-state index >= 15 is 0 Å². The van der Waals surface area contributed by atoms with Gasteiger partial charge < -0.3 is 30.7 Å². The van der Waals surface area contributed by atoms with E-state index in [1.54, 1.807) is 11.8 Å². The SMILES string of the molecule is CCOC(=O)N1CCC(C2CN(C3=CCCC(COC(=O)N=C(N)N)=C3F)C2)CC1. The highest BCUT2D eigenvalue weighted by molar-refractivity contribution is 5.87. The Morgan fingerprint density at radius 2 is 1.90 bits per heavy atom. The molecule has 0 bridgehead atoms. The fraction of sp³-hybridized carbons (Fsp3) is 0.650. The summed E-state index contributed by atoms with van der Waals surface area (Å²) in [4.78, 5) is 30.3.